The third kappa shape index (κ3) is 5.67. The van der Waals surface area contributed by atoms with Gasteiger partial charge in [0.15, 0.2) is 0 Å². The van der Waals surface area contributed by atoms with Crippen molar-refractivity contribution in [1.82, 2.24) is 0 Å². The summed E-state index contributed by atoms with van der Waals surface area (Å²) < 4.78 is 16.9. The number of benzene rings is 1. The van der Waals surface area contributed by atoms with Crippen molar-refractivity contribution >= 4 is 0 Å². The van der Waals surface area contributed by atoms with Crippen molar-refractivity contribution in [3.05, 3.63) is 35.6 Å². The fraction of sp³-hybridized carbons (Fsp3) is 0.455. The van der Waals surface area contributed by atoms with Crippen molar-refractivity contribution in [2.45, 2.75) is 19.8 Å². The summed E-state index contributed by atoms with van der Waals surface area (Å²) in [5.41, 5.74) is 0.824. The van der Waals surface area contributed by atoms with Crippen LogP contribution in [0.4, 0.5) is 4.39 Å². The number of aryl methyl sites for hydroxylation is 1. The summed E-state index contributed by atoms with van der Waals surface area (Å²) in [6, 6.07) is 6.92. The summed E-state index contributed by atoms with van der Waals surface area (Å²) in [6.45, 7) is 1.87. The molecule has 0 heterocycles. The number of aliphatic hydroxyl groups is 1. The maximum atomic E-state index is 12.8. The Labute approximate surface area is 84.3 Å². The number of aliphatic hydroxyl groups excluding tert-OH is 1. The van der Waals surface area contributed by atoms with Gasteiger partial charge >= 0.3 is 0 Å². The van der Waals surface area contributed by atoms with Gasteiger partial charge in [0.1, 0.15) is 12.6 Å². The molecule has 2 nitrogen and oxygen atoms in total. The fourth-order valence-electron chi connectivity index (χ4n) is 0.970. The average Bonchev–Trinajstić information content (AvgIpc) is 2.22. The van der Waals surface area contributed by atoms with Crippen LogP contribution in [0, 0.1) is 5.82 Å². The molecule has 0 bridgehead atoms. The highest BCUT2D eigenvalue weighted by Gasteiger charge is 1.96. The second-order valence-corrected chi connectivity index (χ2v) is 2.76. The van der Waals surface area contributed by atoms with Crippen molar-refractivity contribution in [2.75, 3.05) is 13.9 Å². The molecule has 0 aliphatic heterocycles. The molecule has 0 unspecified atom stereocenters. The normalized spacial score (nSPS) is 9.14. The molecule has 0 aromatic heterocycles. The average molecular weight is 200 g/mol. The number of ether oxygens (including phenoxy) is 1. The third-order valence-electron chi connectivity index (χ3n) is 1.61. The predicted molar refractivity (Wildman–Crippen MR) is 54.5 cm³/mol. The minimum Gasteiger partial charge on any atom is -0.371 e. The Kier molecular flexibility index (Phi) is 8.08. The summed E-state index contributed by atoms with van der Waals surface area (Å²) >= 11 is 0. The van der Waals surface area contributed by atoms with Crippen LogP contribution in [-0.2, 0) is 11.2 Å². The molecular formula is C11H17FO2. The molecular weight excluding hydrogens is 183 g/mol. The van der Waals surface area contributed by atoms with Crippen LogP contribution in [0.2, 0.25) is 0 Å². The van der Waals surface area contributed by atoms with Crippen LogP contribution in [0.15, 0.2) is 24.3 Å². The zero-order chi connectivity index (χ0) is 10.8. The van der Waals surface area contributed by atoms with Crippen LogP contribution in [0.3, 0.4) is 0 Å². The molecule has 3 heteroatoms. The van der Waals surface area contributed by atoms with Gasteiger partial charge in [-0.05, 0) is 18.1 Å². The maximum Gasteiger partial charge on any atom is 0.143 e. The van der Waals surface area contributed by atoms with E-state index in [1.54, 1.807) is 6.07 Å². The van der Waals surface area contributed by atoms with Crippen LogP contribution in [0.5, 0.6) is 0 Å². The van der Waals surface area contributed by atoms with E-state index in [0.29, 0.717) is 0 Å². The SMILES string of the molecule is CCCc1ccccc1F.COCO. The van der Waals surface area contributed by atoms with Gasteiger partial charge in [0.2, 0.25) is 0 Å². The van der Waals surface area contributed by atoms with E-state index in [-0.39, 0.29) is 12.6 Å². The quantitative estimate of drug-likeness (QED) is 0.759. The maximum absolute atomic E-state index is 12.8. The lowest BCUT2D eigenvalue weighted by Crippen LogP contribution is -1.86. The fourth-order valence-corrected chi connectivity index (χ4v) is 0.970. The van der Waals surface area contributed by atoms with E-state index in [0.717, 1.165) is 18.4 Å². The van der Waals surface area contributed by atoms with Crippen LogP contribution in [0.25, 0.3) is 0 Å². The van der Waals surface area contributed by atoms with Crippen LogP contribution < -0.4 is 0 Å². The predicted octanol–water partition coefficient (Wildman–Crippen LogP) is 2.36. The Balaban J connectivity index is 0.000000364. The lowest BCUT2D eigenvalue weighted by Gasteiger charge is -1.97. The Morgan fingerprint density at radius 3 is 2.36 bits per heavy atom. The molecule has 80 valence electrons. The first kappa shape index (κ1) is 13.1. The van der Waals surface area contributed by atoms with Crippen molar-refractivity contribution in [1.29, 1.82) is 0 Å². The van der Waals surface area contributed by atoms with Gasteiger partial charge in [0.05, 0.1) is 0 Å². The van der Waals surface area contributed by atoms with E-state index in [1.807, 2.05) is 19.1 Å². The number of methoxy groups -OCH3 is 1. The van der Waals surface area contributed by atoms with Gasteiger partial charge in [0, 0.05) is 7.11 Å². The summed E-state index contributed by atoms with van der Waals surface area (Å²) in [7, 11) is 1.43. The molecule has 0 amide bonds. The minimum absolute atomic E-state index is 0.0793. The van der Waals surface area contributed by atoms with Crippen LogP contribution >= 0.6 is 0 Å². The zero-order valence-electron chi connectivity index (χ0n) is 8.66. The van der Waals surface area contributed by atoms with Crippen molar-refractivity contribution in [2.24, 2.45) is 0 Å². The van der Waals surface area contributed by atoms with E-state index in [2.05, 4.69) is 4.74 Å². The molecule has 0 radical (unpaired) electrons. The molecule has 0 aliphatic rings. The second-order valence-electron chi connectivity index (χ2n) is 2.76. The van der Waals surface area contributed by atoms with E-state index in [9.17, 15) is 4.39 Å². The number of halogens is 1. The summed E-state index contributed by atoms with van der Waals surface area (Å²) in [5.74, 6) is -0.0793. The van der Waals surface area contributed by atoms with Gasteiger partial charge in [-0.1, -0.05) is 31.5 Å². The summed E-state index contributed by atoms with van der Waals surface area (Å²) in [4.78, 5) is 0. The van der Waals surface area contributed by atoms with Crippen molar-refractivity contribution in [3.8, 4) is 0 Å². The Bertz CT molecular complexity index is 236. The Morgan fingerprint density at radius 1 is 1.36 bits per heavy atom. The molecule has 0 fully saturated rings. The molecule has 1 aromatic rings. The molecule has 1 N–H and O–H groups in total. The highest BCUT2D eigenvalue weighted by molar-refractivity contribution is 5.16. The third-order valence-corrected chi connectivity index (χ3v) is 1.61. The van der Waals surface area contributed by atoms with Crippen molar-refractivity contribution in [3.63, 3.8) is 0 Å². The van der Waals surface area contributed by atoms with Gasteiger partial charge < -0.3 is 9.84 Å². The highest BCUT2D eigenvalue weighted by atomic mass is 19.1. The molecule has 0 saturated carbocycles. The monoisotopic (exact) mass is 200 g/mol. The van der Waals surface area contributed by atoms with E-state index < -0.39 is 0 Å². The number of hydrogen-bond donors (Lipinski definition) is 1. The van der Waals surface area contributed by atoms with Crippen molar-refractivity contribution < 1.29 is 14.2 Å². The first-order valence-electron chi connectivity index (χ1n) is 4.59. The number of hydrogen-bond acceptors (Lipinski definition) is 2. The first-order chi connectivity index (χ1) is 6.76. The Morgan fingerprint density at radius 2 is 1.93 bits per heavy atom. The smallest absolute Gasteiger partial charge is 0.143 e. The molecule has 1 rings (SSSR count). The molecule has 0 aliphatic carbocycles. The van der Waals surface area contributed by atoms with E-state index in [4.69, 9.17) is 5.11 Å². The molecule has 0 spiro atoms. The molecule has 0 atom stereocenters. The molecule has 0 saturated heterocycles. The lowest BCUT2D eigenvalue weighted by atomic mass is 10.1. The summed E-state index contributed by atoms with van der Waals surface area (Å²) in [6.07, 6.45) is 1.84. The Hall–Kier alpha value is -0.930. The molecule has 1 aromatic carbocycles. The standard InChI is InChI=1S/C9H11F.C2H6O2/c1-2-5-8-6-3-4-7-9(8)10;1-4-2-3/h3-4,6-7H,2,5H2,1H3;3H,2H2,1H3. The van der Waals surface area contributed by atoms with Gasteiger partial charge in [-0.3, -0.25) is 0 Å². The topological polar surface area (TPSA) is 29.5 Å². The van der Waals surface area contributed by atoms with Crippen LogP contribution in [-0.4, -0.2) is 19.0 Å². The van der Waals surface area contributed by atoms with Gasteiger partial charge in [-0.2, -0.15) is 0 Å². The van der Waals surface area contributed by atoms with Gasteiger partial charge in [-0.15, -0.1) is 0 Å². The number of rotatable bonds is 3. The molecule has 14 heavy (non-hydrogen) atoms. The second kappa shape index (κ2) is 8.66. The zero-order valence-corrected chi connectivity index (χ0v) is 8.66. The van der Waals surface area contributed by atoms with E-state index >= 15 is 0 Å². The first-order valence-corrected chi connectivity index (χ1v) is 4.59. The largest absolute Gasteiger partial charge is 0.371 e. The van der Waals surface area contributed by atoms with Crippen LogP contribution in [0.1, 0.15) is 18.9 Å². The summed E-state index contributed by atoms with van der Waals surface area (Å²) in [5, 5.41) is 7.65. The minimum atomic E-state index is -0.181. The lowest BCUT2D eigenvalue weighted by molar-refractivity contribution is 0.0325. The van der Waals surface area contributed by atoms with Gasteiger partial charge in [0.25, 0.3) is 0 Å². The van der Waals surface area contributed by atoms with E-state index in [1.165, 1.54) is 13.2 Å². The highest BCUT2D eigenvalue weighted by Crippen LogP contribution is 2.07. The van der Waals surface area contributed by atoms with Gasteiger partial charge in [-0.25, -0.2) is 4.39 Å².